The van der Waals surface area contributed by atoms with Crippen LogP contribution < -0.4 is 16.4 Å². The first-order valence-corrected chi connectivity index (χ1v) is 5.37. The highest BCUT2D eigenvalue weighted by molar-refractivity contribution is 6.32. The Hall–Kier alpha value is -1.49. The molecule has 1 aromatic rings. The van der Waals surface area contributed by atoms with Crippen molar-refractivity contribution >= 4 is 28.9 Å². The van der Waals surface area contributed by atoms with Gasteiger partial charge in [0.15, 0.2) is 5.15 Å². The molecule has 0 aliphatic heterocycles. The van der Waals surface area contributed by atoms with Gasteiger partial charge in [-0.2, -0.15) is 0 Å². The van der Waals surface area contributed by atoms with Crippen LogP contribution in [0.2, 0.25) is 5.15 Å². The molecule has 1 amide bonds. The summed E-state index contributed by atoms with van der Waals surface area (Å²) in [5, 5.41) is 6.13. The molecule has 4 N–H and O–H groups in total. The van der Waals surface area contributed by atoms with Gasteiger partial charge in [0.1, 0.15) is 0 Å². The molecule has 0 bridgehead atoms. The number of nitrogens with zero attached hydrogens (tertiary/aromatic N) is 1. The maximum atomic E-state index is 10.6. The van der Waals surface area contributed by atoms with Crippen molar-refractivity contribution in [1.29, 1.82) is 0 Å². The molecule has 6 heteroatoms. The third-order valence-corrected chi connectivity index (χ3v) is 2.29. The van der Waals surface area contributed by atoms with Crippen LogP contribution in [0.3, 0.4) is 0 Å². The Morgan fingerprint density at radius 3 is 3.00 bits per heavy atom. The van der Waals surface area contributed by atoms with Crippen LogP contribution in [0.15, 0.2) is 12.3 Å². The van der Waals surface area contributed by atoms with Gasteiger partial charge in [-0.05, 0) is 12.5 Å². The van der Waals surface area contributed by atoms with E-state index in [0.29, 0.717) is 23.9 Å². The fourth-order valence-electron chi connectivity index (χ4n) is 1.18. The van der Waals surface area contributed by atoms with E-state index in [-0.39, 0.29) is 5.91 Å². The summed E-state index contributed by atoms with van der Waals surface area (Å²) in [5.41, 5.74) is 6.93. The molecule has 0 unspecified atom stereocenters. The van der Waals surface area contributed by atoms with Crippen molar-refractivity contribution in [1.82, 2.24) is 10.3 Å². The molecule has 88 valence electrons. The van der Waals surface area contributed by atoms with E-state index in [9.17, 15) is 4.79 Å². The molecule has 0 spiro atoms. The van der Waals surface area contributed by atoms with E-state index in [1.54, 1.807) is 12.3 Å². The number of anilines is 2. The van der Waals surface area contributed by atoms with E-state index in [1.807, 2.05) is 0 Å². The number of carbonyl (C=O) groups excluding carboxylic acids is 1. The zero-order chi connectivity index (χ0) is 12.0. The molecular weight excluding hydrogens is 228 g/mol. The summed E-state index contributed by atoms with van der Waals surface area (Å²) in [6.45, 7) is 2.85. The molecule has 0 aromatic carbocycles. The predicted molar refractivity (Wildman–Crippen MR) is 65.4 cm³/mol. The molecule has 0 aliphatic carbocycles. The molecule has 5 nitrogen and oxygen atoms in total. The summed E-state index contributed by atoms with van der Waals surface area (Å²) >= 11 is 5.76. The molecule has 0 saturated heterocycles. The van der Waals surface area contributed by atoms with E-state index >= 15 is 0 Å². The normalized spacial score (nSPS) is 9.88. The van der Waals surface area contributed by atoms with Gasteiger partial charge in [0.25, 0.3) is 0 Å². The minimum absolute atomic E-state index is 0.0218. The Kier molecular flexibility index (Phi) is 4.85. The van der Waals surface area contributed by atoms with Crippen LogP contribution in [0.1, 0.15) is 13.3 Å². The number of nitrogens with one attached hydrogen (secondary N) is 2. The molecule has 0 aliphatic rings. The monoisotopic (exact) mass is 242 g/mol. The van der Waals surface area contributed by atoms with Gasteiger partial charge in [-0.15, -0.1) is 0 Å². The Labute approximate surface area is 99.4 Å². The topological polar surface area (TPSA) is 80.0 Å². The first kappa shape index (κ1) is 12.6. The number of carbonyl (C=O) groups is 1. The summed E-state index contributed by atoms with van der Waals surface area (Å²) in [6, 6.07) is 1.76. The molecule has 0 radical (unpaired) electrons. The van der Waals surface area contributed by atoms with Crippen LogP contribution in [0.5, 0.6) is 0 Å². The van der Waals surface area contributed by atoms with Gasteiger partial charge in [-0.25, -0.2) is 4.98 Å². The summed E-state index contributed by atoms with van der Waals surface area (Å²) in [6.07, 6.45) is 2.41. The number of amides is 1. The fraction of sp³-hybridized carbons (Fsp3) is 0.400. The van der Waals surface area contributed by atoms with Gasteiger partial charge in [0, 0.05) is 26.2 Å². The van der Waals surface area contributed by atoms with Gasteiger partial charge in [-0.3, -0.25) is 4.79 Å². The Morgan fingerprint density at radius 2 is 2.31 bits per heavy atom. The van der Waals surface area contributed by atoms with Crippen LogP contribution >= 0.6 is 11.6 Å². The van der Waals surface area contributed by atoms with Crippen LogP contribution in [0.25, 0.3) is 0 Å². The lowest BCUT2D eigenvalue weighted by Crippen LogP contribution is -2.22. The lowest BCUT2D eigenvalue weighted by atomic mass is 10.3. The van der Waals surface area contributed by atoms with Gasteiger partial charge in [0.05, 0.1) is 11.4 Å². The number of hydrogen-bond donors (Lipinski definition) is 3. The van der Waals surface area contributed by atoms with Crippen LogP contribution in [0.4, 0.5) is 11.4 Å². The number of rotatable bonds is 5. The maximum Gasteiger partial charge on any atom is 0.216 e. The van der Waals surface area contributed by atoms with Crippen LogP contribution in [0, 0.1) is 0 Å². The van der Waals surface area contributed by atoms with E-state index in [2.05, 4.69) is 15.6 Å². The number of halogens is 1. The summed E-state index contributed by atoms with van der Waals surface area (Å²) in [5.74, 6) is -0.0218. The molecule has 16 heavy (non-hydrogen) atoms. The molecule has 0 fully saturated rings. The minimum Gasteiger partial charge on any atom is -0.395 e. The highest BCUT2D eigenvalue weighted by Crippen LogP contribution is 2.23. The van der Waals surface area contributed by atoms with Crippen molar-refractivity contribution in [3.05, 3.63) is 17.4 Å². The summed E-state index contributed by atoms with van der Waals surface area (Å²) in [7, 11) is 0. The fourth-order valence-corrected chi connectivity index (χ4v) is 1.34. The van der Waals surface area contributed by atoms with Gasteiger partial charge in [-0.1, -0.05) is 11.6 Å². The number of aromatic nitrogens is 1. The number of pyridine rings is 1. The molecule has 1 aromatic heterocycles. The second-order valence-corrected chi connectivity index (χ2v) is 3.68. The lowest BCUT2D eigenvalue weighted by Gasteiger charge is -2.09. The second-order valence-electron chi connectivity index (χ2n) is 3.33. The lowest BCUT2D eigenvalue weighted by molar-refractivity contribution is -0.118. The number of nitrogen functional groups attached to an aromatic ring is 1. The van der Waals surface area contributed by atoms with Gasteiger partial charge >= 0.3 is 0 Å². The minimum atomic E-state index is -0.0218. The molecule has 1 rings (SSSR count). The molecule has 0 atom stereocenters. The SMILES string of the molecule is CC(=O)NCCCNc1ccnc(Cl)c1N. The zero-order valence-electron chi connectivity index (χ0n) is 9.09. The standard InChI is InChI=1S/C10H15ClN4O/c1-7(16)13-4-2-5-14-8-3-6-15-10(11)9(8)12/h3,6H,2,4-5,12H2,1H3,(H,13,16)(H,14,15). The molecule has 1 heterocycles. The van der Waals surface area contributed by atoms with E-state index in [1.165, 1.54) is 6.92 Å². The average molecular weight is 243 g/mol. The Balaban J connectivity index is 2.32. The first-order chi connectivity index (χ1) is 7.61. The van der Waals surface area contributed by atoms with Crippen molar-refractivity contribution < 1.29 is 4.79 Å². The Bertz CT molecular complexity index is 370. The third-order valence-electron chi connectivity index (χ3n) is 1.98. The second kappa shape index (κ2) is 6.17. The number of nitrogens with two attached hydrogens (primary N) is 1. The highest BCUT2D eigenvalue weighted by atomic mass is 35.5. The van der Waals surface area contributed by atoms with Crippen molar-refractivity contribution in [2.24, 2.45) is 0 Å². The maximum absolute atomic E-state index is 10.6. The zero-order valence-corrected chi connectivity index (χ0v) is 9.84. The van der Waals surface area contributed by atoms with Gasteiger partial charge < -0.3 is 16.4 Å². The van der Waals surface area contributed by atoms with E-state index in [4.69, 9.17) is 17.3 Å². The smallest absolute Gasteiger partial charge is 0.216 e. The highest BCUT2D eigenvalue weighted by Gasteiger charge is 2.02. The first-order valence-electron chi connectivity index (χ1n) is 4.99. The molecule has 0 saturated carbocycles. The Morgan fingerprint density at radius 1 is 1.56 bits per heavy atom. The molecular formula is C10H15ClN4O. The third kappa shape index (κ3) is 3.94. The van der Waals surface area contributed by atoms with E-state index < -0.39 is 0 Å². The van der Waals surface area contributed by atoms with Crippen molar-refractivity contribution in [2.75, 3.05) is 24.1 Å². The predicted octanol–water partition coefficient (Wildman–Crippen LogP) is 1.26. The van der Waals surface area contributed by atoms with Gasteiger partial charge in [0.2, 0.25) is 5.91 Å². The van der Waals surface area contributed by atoms with Crippen molar-refractivity contribution in [2.45, 2.75) is 13.3 Å². The summed E-state index contributed by atoms with van der Waals surface area (Å²) in [4.78, 5) is 14.4. The summed E-state index contributed by atoms with van der Waals surface area (Å²) < 4.78 is 0. The van der Waals surface area contributed by atoms with Crippen LogP contribution in [-0.2, 0) is 4.79 Å². The largest absolute Gasteiger partial charge is 0.395 e. The van der Waals surface area contributed by atoms with E-state index in [0.717, 1.165) is 12.1 Å². The number of hydrogen-bond acceptors (Lipinski definition) is 4. The quantitative estimate of drug-likeness (QED) is 0.536. The average Bonchev–Trinajstić information content (AvgIpc) is 2.23. The van der Waals surface area contributed by atoms with Crippen LogP contribution in [-0.4, -0.2) is 24.0 Å². The van der Waals surface area contributed by atoms with Crippen molar-refractivity contribution in [3.8, 4) is 0 Å². The van der Waals surface area contributed by atoms with Crippen molar-refractivity contribution in [3.63, 3.8) is 0 Å².